The smallest absolute Gasteiger partial charge is 0.123 e. The summed E-state index contributed by atoms with van der Waals surface area (Å²) in [5.41, 5.74) is 1.24. The van der Waals surface area contributed by atoms with Crippen molar-refractivity contribution in [3.8, 4) is 5.75 Å². The van der Waals surface area contributed by atoms with Crippen LogP contribution in [0, 0.1) is 5.82 Å². The fourth-order valence-electron chi connectivity index (χ4n) is 2.18. The van der Waals surface area contributed by atoms with E-state index in [9.17, 15) is 9.50 Å². The third kappa shape index (κ3) is 6.29. The van der Waals surface area contributed by atoms with Crippen LogP contribution in [0.15, 0.2) is 53.0 Å². The molecule has 0 spiro atoms. The lowest BCUT2D eigenvalue weighted by Gasteiger charge is -2.16. The zero-order valence-electron chi connectivity index (χ0n) is 13.0. The minimum absolute atomic E-state index is 0.171. The van der Waals surface area contributed by atoms with Crippen molar-refractivity contribution >= 4 is 15.9 Å². The van der Waals surface area contributed by atoms with Gasteiger partial charge in [0.05, 0.1) is 0 Å². The van der Waals surface area contributed by atoms with Crippen LogP contribution in [0.4, 0.5) is 4.39 Å². The number of hydrogen-bond acceptors (Lipinski definition) is 3. The van der Waals surface area contributed by atoms with Gasteiger partial charge >= 0.3 is 0 Å². The van der Waals surface area contributed by atoms with E-state index in [0.717, 1.165) is 11.0 Å². The Morgan fingerprint density at radius 2 is 1.91 bits per heavy atom. The van der Waals surface area contributed by atoms with Crippen LogP contribution >= 0.6 is 15.9 Å². The number of nitrogens with one attached hydrogen (secondary N) is 1. The van der Waals surface area contributed by atoms with Crippen LogP contribution < -0.4 is 10.1 Å². The number of rotatable bonds is 8. The normalized spacial score (nSPS) is 13.6. The number of aliphatic hydroxyl groups is 1. The van der Waals surface area contributed by atoms with Gasteiger partial charge in [-0.3, -0.25) is 0 Å². The highest BCUT2D eigenvalue weighted by Crippen LogP contribution is 2.19. The predicted molar refractivity (Wildman–Crippen MR) is 93.3 cm³/mol. The Hall–Kier alpha value is -1.43. The highest BCUT2D eigenvalue weighted by atomic mass is 79.9. The fourth-order valence-corrected chi connectivity index (χ4v) is 2.60. The van der Waals surface area contributed by atoms with Gasteiger partial charge in [-0.2, -0.15) is 0 Å². The van der Waals surface area contributed by atoms with Crippen molar-refractivity contribution in [2.75, 3.05) is 19.7 Å². The van der Waals surface area contributed by atoms with Crippen LogP contribution in [0.25, 0.3) is 0 Å². The van der Waals surface area contributed by atoms with Gasteiger partial charge in [-0.1, -0.05) is 35.0 Å². The van der Waals surface area contributed by atoms with Crippen molar-refractivity contribution in [3.05, 3.63) is 64.4 Å². The molecule has 0 heterocycles. The summed E-state index contributed by atoms with van der Waals surface area (Å²) in [6.07, 6.45) is -0.616. The van der Waals surface area contributed by atoms with Crippen LogP contribution in [0.3, 0.4) is 0 Å². The first-order chi connectivity index (χ1) is 11.0. The SMILES string of the molecule is C[C@H](CNC[C@@H](O)COc1ccc(F)cc1)c1cccc(Br)c1. The van der Waals surface area contributed by atoms with E-state index in [4.69, 9.17) is 4.74 Å². The topological polar surface area (TPSA) is 41.5 Å². The molecule has 23 heavy (non-hydrogen) atoms. The van der Waals surface area contributed by atoms with Crippen molar-refractivity contribution in [1.29, 1.82) is 0 Å². The Morgan fingerprint density at radius 1 is 1.17 bits per heavy atom. The van der Waals surface area contributed by atoms with E-state index >= 15 is 0 Å². The van der Waals surface area contributed by atoms with E-state index in [0.29, 0.717) is 18.2 Å². The van der Waals surface area contributed by atoms with E-state index in [2.05, 4.69) is 40.3 Å². The van der Waals surface area contributed by atoms with Crippen molar-refractivity contribution < 1.29 is 14.2 Å². The number of benzene rings is 2. The van der Waals surface area contributed by atoms with Crippen LogP contribution in [-0.4, -0.2) is 30.9 Å². The summed E-state index contributed by atoms with van der Waals surface area (Å²) < 4.78 is 19.3. The molecule has 0 aliphatic carbocycles. The third-order valence-corrected chi connectivity index (χ3v) is 4.00. The zero-order chi connectivity index (χ0) is 16.7. The molecule has 124 valence electrons. The number of halogens is 2. The van der Waals surface area contributed by atoms with Gasteiger partial charge in [0.2, 0.25) is 0 Å². The summed E-state index contributed by atoms with van der Waals surface area (Å²) in [6.45, 7) is 3.52. The quantitative estimate of drug-likeness (QED) is 0.731. The molecule has 0 unspecified atom stereocenters. The van der Waals surface area contributed by atoms with E-state index in [-0.39, 0.29) is 12.4 Å². The summed E-state index contributed by atoms with van der Waals surface area (Å²) in [4.78, 5) is 0. The van der Waals surface area contributed by atoms with Gasteiger partial charge in [0.25, 0.3) is 0 Å². The highest BCUT2D eigenvalue weighted by Gasteiger charge is 2.09. The largest absolute Gasteiger partial charge is 0.491 e. The molecule has 0 aliphatic heterocycles. The van der Waals surface area contributed by atoms with Crippen molar-refractivity contribution in [2.45, 2.75) is 18.9 Å². The summed E-state index contributed by atoms with van der Waals surface area (Å²) >= 11 is 3.47. The van der Waals surface area contributed by atoms with Gasteiger partial charge in [0.15, 0.2) is 0 Å². The number of aliphatic hydroxyl groups excluding tert-OH is 1. The van der Waals surface area contributed by atoms with Gasteiger partial charge in [0, 0.05) is 17.6 Å². The molecule has 0 amide bonds. The van der Waals surface area contributed by atoms with E-state index in [1.807, 2.05) is 12.1 Å². The Bertz CT molecular complexity index is 606. The summed E-state index contributed by atoms with van der Waals surface area (Å²) in [7, 11) is 0. The fraction of sp³-hybridized carbons (Fsp3) is 0.333. The van der Waals surface area contributed by atoms with Gasteiger partial charge in [-0.15, -0.1) is 0 Å². The van der Waals surface area contributed by atoms with Crippen molar-refractivity contribution in [2.24, 2.45) is 0 Å². The maximum Gasteiger partial charge on any atom is 0.123 e. The van der Waals surface area contributed by atoms with E-state index in [1.54, 1.807) is 12.1 Å². The van der Waals surface area contributed by atoms with Crippen molar-refractivity contribution in [1.82, 2.24) is 5.32 Å². The molecule has 0 saturated heterocycles. The molecule has 0 aliphatic rings. The molecule has 2 atom stereocenters. The minimum atomic E-state index is -0.616. The molecule has 0 fully saturated rings. The molecule has 0 aromatic heterocycles. The molecule has 5 heteroatoms. The molecular formula is C18H21BrFNO2. The lowest BCUT2D eigenvalue weighted by Crippen LogP contribution is -2.33. The lowest BCUT2D eigenvalue weighted by molar-refractivity contribution is 0.106. The number of ether oxygens (including phenoxy) is 1. The van der Waals surface area contributed by atoms with Crippen LogP contribution in [0.2, 0.25) is 0 Å². The molecule has 0 radical (unpaired) electrons. The Morgan fingerprint density at radius 3 is 2.61 bits per heavy atom. The van der Waals surface area contributed by atoms with Gasteiger partial charge in [0.1, 0.15) is 24.3 Å². The third-order valence-electron chi connectivity index (χ3n) is 3.50. The average molecular weight is 382 g/mol. The van der Waals surface area contributed by atoms with E-state index in [1.165, 1.54) is 17.7 Å². The van der Waals surface area contributed by atoms with Gasteiger partial charge < -0.3 is 15.2 Å². The lowest BCUT2D eigenvalue weighted by atomic mass is 10.0. The summed E-state index contributed by atoms with van der Waals surface area (Å²) in [5.74, 6) is 0.590. The second kappa shape index (κ2) is 9.01. The molecule has 2 N–H and O–H groups in total. The maximum atomic E-state index is 12.8. The van der Waals surface area contributed by atoms with Crippen LogP contribution in [0.5, 0.6) is 5.75 Å². The molecule has 2 aromatic carbocycles. The maximum absolute atomic E-state index is 12.8. The van der Waals surface area contributed by atoms with E-state index < -0.39 is 6.10 Å². The molecule has 2 aromatic rings. The Labute approximate surface area is 144 Å². The molecule has 2 rings (SSSR count). The molecular weight excluding hydrogens is 361 g/mol. The standard InChI is InChI=1S/C18H21BrFNO2/c1-13(14-3-2-4-15(19)9-14)10-21-11-17(22)12-23-18-7-5-16(20)6-8-18/h2-9,13,17,21-22H,10-12H2,1H3/t13-,17-/m1/s1. The van der Waals surface area contributed by atoms with Gasteiger partial charge in [-0.25, -0.2) is 4.39 Å². The highest BCUT2D eigenvalue weighted by molar-refractivity contribution is 9.10. The monoisotopic (exact) mass is 381 g/mol. The predicted octanol–water partition coefficient (Wildman–Crippen LogP) is 3.72. The zero-order valence-corrected chi connectivity index (χ0v) is 14.6. The first-order valence-corrected chi connectivity index (χ1v) is 8.36. The minimum Gasteiger partial charge on any atom is -0.491 e. The van der Waals surface area contributed by atoms with Crippen LogP contribution in [0.1, 0.15) is 18.4 Å². The average Bonchev–Trinajstić information content (AvgIpc) is 2.54. The van der Waals surface area contributed by atoms with Gasteiger partial charge in [-0.05, 0) is 47.9 Å². The van der Waals surface area contributed by atoms with Crippen molar-refractivity contribution in [3.63, 3.8) is 0 Å². The molecule has 3 nitrogen and oxygen atoms in total. The second-order valence-electron chi connectivity index (χ2n) is 5.53. The summed E-state index contributed by atoms with van der Waals surface area (Å²) in [6, 6.07) is 14.0. The first kappa shape index (κ1) is 17.9. The summed E-state index contributed by atoms with van der Waals surface area (Å²) in [5, 5.41) is 13.2. The number of hydrogen-bond donors (Lipinski definition) is 2. The second-order valence-corrected chi connectivity index (χ2v) is 6.45. The molecule has 0 saturated carbocycles. The first-order valence-electron chi connectivity index (χ1n) is 7.57. The Kier molecular flexibility index (Phi) is 7.02. The molecule has 0 bridgehead atoms. The Balaban J connectivity index is 1.68. The van der Waals surface area contributed by atoms with Crippen LogP contribution in [-0.2, 0) is 0 Å².